The van der Waals surface area contributed by atoms with Gasteiger partial charge in [0.2, 0.25) is 0 Å². The van der Waals surface area contributed by atoms with E-state index in [-0.39, 0.29) is 6.04 Å². The van der Waals surface area contributed by atoms with Crippen molar-refractivity contribution in [3.63, 3.8) is 0 Å². The first-order chi connectivity index (χ1) is 9.75. The van der Waals surface area contributed by atoms with Crippen molar-refractivity contribution in [2.75, 3.05) is 0 Å². The van der Waals surface area contributed by atoms with Crippen molar-refractivity contribution in [2.45, 2.75) is 56.5 Å². The van der Waals surface area contributed by atoms with Gasteiger partial charge in [0, 0.05) is 6.04 Å². The maximum absolute atomic E-state index is 11.4. The fourth-order valence-electron chi connectivity index (χ4n) is 3.50. The molecule has 2 aliphatic carbocycles. The second-order valence-corrected chi connectivity index (χ2v) is 6.23. The standard InChI is InChI=1S/C17H23NO2/c19-17(20)16(13-10-11-13)18-15-9-5-4-8-14(15)12-6-2-1-3-7-12/h1-3,6-7,13-16,18H,4-5,8-11H2,(H,19,20). The third-order valence-electron chi connectivity index (χ3n) is 4.75. The Labute approximate surface area is 120 Å². The van der Waals surface area contributed by atoms with E-state index >= 15 is 0 Å². The van der Waals surface area contributed by atoms with Crippen molar-refractivity contribution in [3.05, 3.63) is 35.9 Å². The summed E-state index contributed by atoms with van der Waals surface area (Å²) in [5, 5.41) is 12.9. The number of carboxylic acids is 1. The van der Waals surface area contributed by atoms with Crippen molar-refractivity contribution in [1.82, 2.24) is 5.32 Å². The molecule has 3 heteroatoms. The van der Waals surface area contributed by atoms with Crippen LogP contribution in [0.3, 0.4) is 0 Å². The molecule has 2 saturated carbocycles. The summed E-state index contributed by atoms with van der Waals surface area (Å²) in [4.78, 5) is 11.4. The lowest BCUT2D eigenvalue weighted by molar-refractivity contribution is -0.140. The Balaban J connectivity index is 1.73. The van der Waals surface area contributed by atoms with Crippen molar-refractivity contribution < 1.29 is 9.90 Å². The van der Waals surface area contributed by atoms with Gasteiger partial charge in [-0.25, -0.2) is 0 Å². The van der Waals surface area contributed by atoms with E-state index in [4.69, 9.17) is 0 Å². The monoisotopic (exact) mass is 273 g/mol. The SMILES string of the molecule is O=C(O)C(NC1CCCCC1c1ccccc1)C1CC1. The maximum Gasteiger partial charge on any atom is 0.320 e. The molecule has 0 radical (unpaired) electrons. The third kappa shape index (κ3) is 3.04. The molecular formula is C17H23NO2. The van der Waals surface area contributed by atoms with Crippen LogP contribution in [0.1, 0.15) is 50.0 Å². The molecule has 0 aliphatic heterocycles. The first-order valence-corrected chi connectivity index (χ1v) is 7.79. The normalized spacial score (nSPS) is 28.0. The van der Waals surface area contributed by atoms with Crippen molar-refractivity contribution >= 4 is 5.97 Å². The first-order valence-electron chi connectivity index (χ1n) is 7.79. The molecule has 3 rings (SSSR count). The highest BCUT2D eigenvalue weighted by Crippen LogP contribution is 2.37. The maximum atomic E-state index is 11.4. The number of aliphatic carboxylic acids is 1. The molecule has 0 amide bonds. The second kappa shape index (κ2) is 5.96. The van der Waals surface area contributed by atoms with E-state index in [0.29, 0.717) is 17.9 Å². The number of carbonyl (C=O) groups is 1. The van der Waals surface area contributed by atoms with Crippen LogP contribution in [0.4, 0.5) is 0 Å². The van der Waals surface area contributed by atoms with Crippen LogP contribution in [0.5, 0.6) is 0 Å². The molecule has 3 unspecified atom stereocenters. The van der Waals surface area contributed by atoms with Crippen LogP contribution in [0, 0.1) is 5.92 Å². The molecule has 1 aromatic rings. The van der Waals surface area contributed by atoms with Gasteiger partial charge >= 0.3 is 5.97 Å². The van der Waals surface area contributed by atoms with Gasteiger partial charge < -0.3 is 10.4 Å². The van der Waals surface area contributed by atoms with Crippen LogP contribution in [-0.4, -0.2) is 23.2 Å². The van der Waals surface area contributed by atoms with Crippen LogP contribution in [0.25, 0.3) is 0 Å². The van der Waals surface area contributed by atoms with E-state index < -0.39 is 5.97 Å². The van der Waals surface area contributed by atoms with Gasteiger partial charge in [0.1, 0.15) is 6.04 Å². The van der Waals surface area contributed by atoms with Crippen molar-refractivity contribution in [2.24, 2.45) is 5.92 Å². The minimum Gasteiger partial charge on any atom is -0.480 e. The van der Waals surface area contributed by atoms with Gasteiger partial charge in [-0.2, -0.15) is 0 Å². The van der Waals surface area contributed by atoms with Crippen LogP contribution < -0.4 is 5.32 Å². The fraction of sp³-hybridized carbons (Fsp3) is 0.588. The van der Waals surface area contributed by atoms with Gasteiger partial charge in [-0.15, -0.1) is 0 Å². The lowest BCUT2D eigenvalue weighted by atomic mass is 9.79. The Morgan fingerprint density at radius 1 is 1.10 bits per heavy atom. The summed E-state index contributed by atoms with van der Waals surface area (Å²) in [7, 11) is 0. The van der Waals surface area contributed by atoms with E-state index in [1.807, 2.05) is 6.07 Å². The summed E-state index contributed by atoms with van der Waals surface area (Å²) in [5.41, 5.74) is 1.35. The number of hydrogen-bond donors (Lipinski definition) is 2. The summed E-state index contributed by atoms with van der Waals surface area (Å²) < 4.78 is 0. The zero-order valence-corrected chi connectivity index (χ0v) is 11.8. The Kier molecular flexibility index (Phi) is 4.06. The zero-order chi connectivity index (χ0) is 13.9. The molecule has 0 spiro atoms. The van der Waals surface area contributed by atoms with E-state index in [0.717, 1.165) is 19.3 Å². The molecule has 0 bridgehead atoms. The number of rotatable bonds is 5. The molecule has 3 atom stereocenters. The van der Waals surface area contributed by atoms with E-state index in [1.165, 1.54) is 24.8 Å². The minimum absolute atomic E-state index is 0.313. The summed E-state index contributed by atoms with van der Waals surface area (Å²) >= 11 is 0. The molecule has 1 aromatic carbocycles. The average Bonchev–Trinajstić information content (AvgIpc) is 3.30. The largest absolute Gasteiger partial charge is 0.480 e. The molecule has 0 aromatic heterocycles. The fourth-order valence-corrected chi connectivity index (χ4v) is 3.50. The van der Waals surface area contributed by atoms with Crippen LogP contribution in [0.15, 0.2) is 30.3 Å². The molecule has 2 N–H and O–H groups in total. The van der Waals surface area contributed by atoms with Crippen molar-refractivity contribution in [1.29, 1.82) is 0 Å². The topological polar surface area (TPSA) is 49.3 Å². The predicted molar refractivity (Wildman–Crippen MR) is 78.7 cm³/mol. The average molecular weight is 273 g/mol. The molecular weight excluding hydrogens is 250 g/mol. The van der Waals surface area contributed by atoms with E-state index in [1.54, 1.807) is 0 Å². The van der Waals surface area contributed by atoms with Crippen LogP contribution >= 0.6 is 0 Å². The third-order valence-corrected chi connectivity index (χ3v) is 4.75. The van der Waals surface area contributed by atoms with Gasteiger partial charge in [0.15, 0.2) is 0 Å². The predicted octanol–water partition coefficient (Wildman–Crippen LogP) is 3.17. The lowest BCUT2D eigenvalue weighted by Gasteiger charge is -2.34. The second-order valence-electron chi connectivity index (χ2n) is 6.23. The number of benzene rings is 1. The van der Waals surface area contributed by atoms with E-state index in [9.17, 15) is 9.90 Å². The molecule has 0 saturated heterocycles. The molecule has 2 fully saturated rings. The summed E-state index contributed by atoms with van der Waals surface area (Å²) in [6, 6.07) is 10.5. The highest BCUT2D eigenvalue weighted by molar-refractivity contribution is 5.74. The lowest BCUT2D eigenvalue weighted by Crippen LogP contribution is -2.48. The Bertz CT molecular complexity index is 455. The summed E-state index contributed by atoms with van der Waals surface area (Å²) in [6.07, 6.45) is 6.84. The first kappa shape index (κ1) is 13.6. The summed E-state index contributed by atoms with van der Waals surface area (Å²) in [6.45, 7) is 0. The molecule has 20 heavy (non-hydrogen) atoms. The smallest absolute Gasteiger partial charge is 0.320 e. The zero-order valence-electron chi connectivity index (χ0n) is 11.8. The number of nitrogens with one attached hydrogen (secondary N) is 1. The van der Waals surface area contributed by atoms with E-state index in [2.05, 4.69) is 29.6 Å². The van der Waals surface area contributed by atoms with Gasteiger partial charge in [-0.05, 0) is 43.1 Å². The van der Waals surface area contributed by atoms with Crippen molar-refractivity contribution in [3.8, 4) is 0 Å². The number of carboxylic acid groups (broad SMARTS) is 1. The van der Waals surface area contributed by atoms with Gasteiger partial charge in [-0.1, -0.05) is 43.2 Å². The Morgan fingerprint density at radius 3 is 2.45 bits per heavy atom. The highest BCUT2D eigenvalue weighted by atomic mass is 16.4. The molecule has 3 nitrogen and oxygen atoms in total. The quantitative estimate of drug-likeness (QED) is 0.866. The molecule has 2 aliphatic rings. The molecule has 0 heterocycles. The number of hydrogen-bond acceptors (Lipinski definition) is 2. The van der Waals surface area contributed by atoms with Crippen LogP contribution in [-0.2, 0) is 4.79 Å². The highest BCUT2D eigenvalue weighted by Gasteiger charge is 2.39. The summed E-state index contributed by atoms with van der Waals surface area (Å²) in [5.74, 6) is 0.140. The van der Waals surface area contributed by atoms with Gasteiger partial charge in [0.05, 0.1) is 0 Å². The van der Waals surface area contributed by atoms with Gasteiger partial charge in [0.25, 0.3) is 0 Å². The molecule has 108 valence electrons. The van der Waals surface area contributed by atoms with Gasteiger partial charge in [-0.3, -0.25) is 4.79 Å². The Hall–Kier alpha value is -1.35. The minimum atomic E-state index is -0.676. The van der Waals surface area contributed by atoms with Crippen LogP contribution in [0.2, 0.25) is 0 Å². The Morgan fingerprint density at radius 2 is 1.80 bits per heavy atom.